The molecule has 0 atom stereocenters. The second-order valence-corrected chi connectivity index (χ2v) is 3.13. The van der Waals surface area contributed by atoms with Crippen molar-refractivity contribution in [2.45, 2.75) is 39.0 Å². The summed E-state index contributed by atoms with van der Waals surface area (Å²) < 4.78 is 4.42. The van der Waals surface area contributed by atoms with Crippen LogP contribution in [0.4, 0.5) is 0 Å². The van der Waals surface area contributed by atoms with Crippen molar-refractivity contribution < 1.29 is 14.3 Å². The van der Waals surface area contributed by atoms with Crippen LogP contribution in [0.2, 0.25) is 0 Å². The average molecular weight is 201 g/mol. The quantitative estimate of drug-likeness (QED) is 0.498. The number of rotatable bonds is 7. The minimum atomic E-state index is -0.339. The van der Waals surface area contributed by atoms with E-state index in [4.69, 9.17) is 0 Å². The molecule has 4 nitrogen and oxygen atoms in total. The van der Waals surface area contributed by atoms with Crippen molar-refractivity contribution in [3.05, 3.63) is 0 Å². The lowest BCUT2D eigenvalue weighted by molar-refractivity contribution is -0.142. The number of carbonyl (C=O) groups is 2. The van der Waals surface area contributed by atoms with Crippen molar-refractivity contribution in [2.75, 3.05) is 13.7 Å². The Balaban J connectivity index is 3.32. The van der Waals surface area contributed by atoms with E-state index in [1.54, 1.807) is 0 Å². The van der Waals surface area contributed by atoms with Crippen molar-refractivity contribution in [3.8, 4) is 0 Å². The van der Waals surface area contributed by atoms with E-state index in [9.17, 15) is 9.59 Å². The number of nitrogens with one attached hydrogen (secondary N) is 1. The molecule has 1 amide bonds. The van der Waals surface area contributed by atoms with E-state index in [0.717, 1.165) is 19.3 Å². The van der Waals surface area contributed by atoms with Crippen molar-refractivity contribution >= 4 is 11.9 Å². The molecule has 4 heteroatoms. The molecule has 0 aliphatic carbocycles. The highest BCUT2D eigenvalue weighted by Crippen LogP contribution is 1.94. The fraction of sp³-hybridized carbons (Fsp3) is 0.800. The number of ether oxygens (including phenoxy) is 1. The van der Waals surface area contributed by atoms with E-state index >= 15 is 0 Å². The molecule has 0 aromatic carbocycles. The van der Waals surface area contributed by atoms with Crippen LogP contribution in [0, 0.1) is 0 Å². The summed E-state index contributed by atoms with van der Waals surface area (Å²) in [7, 11) is 1.32. The lowest BCUT2D eigenvalue weighted by atomic mass is 10.2. The molecule has 0 rings (SSSR count). The molecule has 0 bridgehead atoms. The van der Waals surface area contributed by atoms with Crippen LogP contribution in [-0.2, 0) is 14.3 Å². The van der Waals surface area contributed by atoms with Crippen molar-refractivity contribution in [1.82, 2.24) is 5.32 Å². The molecule has 0 aromatic rings. The van der Waals surface area contributed by atoms with Gasteiger partial charge < -0.3 is 10.1 Å². The Bertz CT molecular complexity index is 180. The fourth-order valence-electron chi connectivity index (χ4n) is 1.01. The van der Waals surface area contributed by atoms with Gasteiger partial charge in [0.1, 0.15) is 0 Å². The molecule has 0 radical (unpaired) electrons. The van der Waals surface area contributed by atoms with Crippen molar-refractivity contribution in [2.24, 2.45) is 0 Å². The van der Waals surface area contributed by atoms with Gasteiger partial charge in [0.25, 0.3) is 0 Å². The zero-order valence-corrected chi connectivity index (χ0v) is 8.97. The van der Waals surface area contributed by atoms with Crippen LogP contribution < -0.4 is 5.32 Å². The number of hydrogen-bond acceptors (Lipinski definition) is 3. The van der Waals surface area contributed by atoms with Gasteiger partial charge in [-0.05, 0) is 6.42 Å². The molecule has 0 heterocycles. The maximum Gasteiger partial charge on any atom is 0.306 e. The number of methoxy groups -OCH3 is 1. The highest BCUT2D eigenvalue weighted by molar-refractivity contribution is 5.81. The molecular weight excluding hydrogens is 182 g/mol. The van der Waals surface area contributed by atoms with E-state index < -0.39 is 0 Å². The summed E-state index contributed by atoms with van der Waals surface area (Å²) >= 11 is 0. The third-order valence-electron chi connectivity index (χ3n) is 1.89. The number of unbranched alkanes of at least 4 members (excludes halogenated alkanes) is 2. The highest BCUT2D eigenvalue weighted by atomic mass is 16.5. The minimum absolute atomic E-state index is 0.0773. The van der Waals surface area contributed by atoms with E-state index in [-0.39, 0.29) is 24.7 Å². The Morgan fingerprint density at radius 2 is 1.93 bits per heavy atom. The summed E-state index contributed by atoms with van der Waals surface area (Å²) in [4.78, 5) is 21.8. The first kappa shape index (κ1) is 12.9. The first-order valence-corrected chi connectivity index (χ1v) is 5.04. The summed E-state index contributed by atoms with van der Waals surface area (Å²) in [6.07, 6.45) is 3.64. The van der Waals surface area contributed by atoms with Gasteiger partial charge in [0.2, 0.25) is 5.91 Å². The zero-order chi connectivity index (χ0) is 10.8. The number of carbonyl (C=O) groups excluding carboxylic acids is 2. The molecule has 0 spiro atoms. The van der Waals surface area contributed by atoms with Crippen LogP contribution in [0.5, 0.6) is 0 Å². The predicted octanol–water partition coefficient (Wildman–Crippen LogP) is 1.25. The van der Waals surface area contributed by atoms with Gasteiger partial charge in [0.15, 0.2) is 0 Å². The van der Waals surface area contributed by atoms with E-state index in [2.05, 4.69) is 17.0 Å². The summed E-state index contributed by atoms with van der Waals surface area (Å²) in [6.45, 7) is 2.81. The normalized spacial score (nSPS) is 9.57. The standard InChI is InChI=1S/C10H19NO3/c1-3-4-5-8-11-9(12)6-7-10(13)14-2/h3-8H2,1-2H3,(H,11,12). The molecule has 0 aromatic heterocycles. The van der Waals surface area contributed by atoms with Gasteiger partial charge in [-0.3, -0.25) is 9.59 Å². The topological polar surface area (TPSA) is 55.4 Å². The second-order valence-electron chi connectivity index (χ2n) is 3.13. The van der Waals surface area contributed by atoms with Gasteiger partial charge >= 0.3 is 5.97 Å². The average Bonchev–Trinajstić information content (AvgIpc) is 2.21. The van der Waals surface area contributed by atoms with E-state index in [0.29, 0.717) is 6.54 Å². The van der Waals surface area contributed by atoms with Crippen molar-refractivity contribution in [3.63, 3.8) is 0 Å². The number of hydrogen-bond donors (Lipinski definition) is 1. The molecule has 0 saturated carbocycles. The second kappa shape index (κ2) is 8.53. The molecule has 0 fully saturated rings. The zero-order valence-electron chi connectivity index (χ0n) is 8.97. The molecule has 0 aliphatic rings. The molecule has 14 heavy (non-hydrogen) atoms. The lowest BCUT2D eigenvalue weighted by Crippen LogP contribution is -2.24. The summed E-state index contributed by atoms with van der Waals surface area (Å²) in [5, 5.41) is 2.75. The fourth-order valence-corrected chi connectivity index (χ4v) is 1.01. The Morgan fingerprint density at radius 1 is 1.21 bits per heavy atom. The minimum Gasteiger partial charge on any atom is -0.469 e. The first-order valence-electron chi connectivity index (χ1n) is 5.04. The van der Waals surface area contributed by atoms with Gasteiger partial charge in [-0.1, -0.05) is 19.8 Å². The maximum atomic E-state index is 11.1. The molecule has 0 unspecified atom stereocenters. The van der Waals surface area contributed by atoms with Crippen LogP contribution in [0.25, 0.3) is 0 Å². The smallest absolute Gasteiger partial charge is 0.306 e. The van der Waals surface area contributed by atoms with Gasteiger partial charge in [-0.15, -0.1) is 0 Å². The largest absolute Gasteiger partial charge is 0.469 e. The Morgan fingerprint density at radius 3 is 2.50 bits per heavy atom. The third-order valence-corrected chi connectivity index (χ3v) is 1.89. The van der Waals surface area contributed by atoms with Gasteiger partial charge in [-0.2, -0.15) is 0 Å². The molecular formula is C10H19NO3. The molecule has 0 saturated heterocycles. The molecule has 0 aliphatic heterocycles. The van der Waals surface area contributed by atoms with Crippen molar-refractivity contribution in [1.29, 1.82) is 0 Å². The van der Waals surface area contributed by atoms with Gasteiger partial charge in [0, 0.05) is 13.0 Å². The van der Waals surface area contributed by atoms with Gasteiger partial charge in [-0.25, -0.2) is 0 Å². The lowest BCUT2D eigenvalue weighted by Gasteiger charge is -2.03. The third kappa shape index (κ3) is 7.58. The van der Waals surface area contributed by atoms with Crippen LogP contribution in [-0.4, -0.2) is 25.5 Å². The summed E-state index contributed by atoms with van der Waals surface area (Å²) in [6, 6.07) is 0. The van der Waals surface area contributed by atoms with E-state index in [1.807, 2.05) is 0 Å². The van der Waals surface area contributed by atoms with Crippen LogP contribution in [0.1, 0.15) is 39.0 Å². The maximum absolute atomic E-state index is 11.1. The van der Waals surface area contributed by atoms with Crippen LogP contribution in [0.3, 0.4) is 0 Å². The van der Waals surface area contributed by atoms with Gasteiger partial charge in [0.05, 0.1) is 13.5 Å². The highest BCUT2D eigenvalue weighted by Gasteiger charge is 2.05. The SMILES string of the molecule is CCCCCNC(=O)CCC(=O)OC. The summed E-state index contributed by atoms with van der Waals surface area (Å²) in [5.74, 6) is -0.416. The Kier molecular flexibility index (Phi) is 7.89. The van der Waals surface area contributed by atoms with Crippen LogP contribution in [0.15, 0.2) is 0 Å². The molecule has 1 N–H and O–H groups in total. The Labute approximate surface area is 85.0 Å². The number of esters is 1. The Hall–Kier alpha value is -1.06. The number of amides is 1. The van der Waals surface area contributed by atoms with Crippen LogP contribution >= 0.6 is 0 Å². The summed E-state index contributed by atoms with van der Waals surface area (Å²) in [5.41, 5.74) is 0. The first-order chi connectivity index (χ1) is 6.70. The predicted molar refractivity (Wildman–Crippen MR) is 53.8 cm³/mol. The monoisotopic (exact) mass is 201 g/mol. The molecule has 82 valence electrons. The van der Waals surface area contributed by atoms with E-state index in [1.165, 1.54) is 7.11 Å².